The molecule has 0 atom stereocenters. The predicted octanol–water partition coefficient (Wildman–Crippen LogP) is 2.27. The minimum absolute atomic E-state index is 0.107. The number of imide groups is 1. The molecule has 1 aromatic rings. The number of amides is 2. The summed E-state index contributed by atoms with van der Waals surface area (Å²) in [5.41, 5.74) is 1.95. The lowest BCUT2D eigenvalue weighted by Gasteiger charge is -2.21. The molecule has 1 heterocycles. The molecular formula is C14H16N2O2. The number of hydrogen-bond donors (Lipinski definition) is 1. The van der Waals surface area contributed by atoms with Gasteiger partial charge in [0.2, 0.25) is 0 Å². The first-order chi connectivity index (χ1) is 8.72. The average Bonchev–Trinajstić information content (AvgIpc) is 2.98. The van der Waals surface area contributed by atoms with Crippen LogP contribution >= 0.6 is 0 Å². The van der Waals surface area contributed by atoms with Crippen molar-refractivity contribution in [3.63, 3.8) is 0 Å². The number of hydrogen-bond acceptors (Lipinski definition) is 3. The zero-order valence-corrected chi connectivity index (χ0v) is 10.4. The molecule has 1 N–H and O–H groups in total. The van der Waals surface area contributed by atoms with Gasteiger partial charge in [-0.15, -0.1) is 0 Å². The molecule has 4 heteroatoms. The molecule has 2 aliphatic rings. The van der Waals surface area contributed by atoms with Crippen molar-refractivity contribution in [3.8, 4) is 0 Å². The standard InChI is InChI=1S/C14H16N2O2/c1-15-9-6-7-11-12(8-9)14(18)16(13(11)17)10-4-2-3-5-10/h6-8,10,15H,2-5H2,1H3. The van der Waals surface area contributed by atoms with E-state index >= 15 is 0 Å². The quantitative estimate of drug-likeness (QED) is 0.812. The summed E-state index contributed by atoms with van der Waals surface area (Å²) in [4.78, 5) is 26.1. The maximum Gasteiger partial charge on any atom is 0.261 e. The van der Waals surface area contributed by atoms with E-state index in [-0.39, 0.29) is 17.9 Å². The van der Waals surface area contributed by atoms with Crippen molar-refractivity contribution in [3.05, 3.63) is 29.3 Å². The lowest BCUT2D eigenvalue weighted by atomic mass is 10.1. The molecule has 1 aliphatic carbocycles. The van der Waals surface area contributed by atoms with Crippen LogP contribution in [0.5, 0.6) is 0 Å². The van der Waals surface area contributed by atoms with E-state index in [0.29, 0.717) is 11.1 Å². The largest absolute Gasteiger partial charge is 0.388 e. The number of carbonyl (C=O) groups is 2. The molecule has 2 amide bonds. The third-order valence-corrected chi connectivity index (χ3v) is 3.90. The van der Waals surface area contributed by atoms with Crippen molar-refractivity contribution in [2.75, 3.05) is 12.4 Å². The highest BCUT2D eigenvalue weighted by molar-refractivity contribution is 6.22. The first-order valence-corrected chi connectivity index (χ1v) is 6.42. The molecule has 18 heavy (non-hydrogen) atoms. The lowest BCUT2D eigenvalue weighted by molar-refractivity contribution is 0.0588. The van der Waals surface area contributed by atoms with Crippen molar-refractivity contribution in [2.45, 2.75) is 31.7 Å². The molecule has 0 radical (unpaired) electrons. The van der Waals surface area contributed by atoms with Gasteiger partial charge in [0.05, 0.1) is 11.1 Å². The summed E-state index contributed by atoms with van der Waals surface area (Å²) in [6.45, 7) is 0. The van der Waals surface area contributed by atoms with Gasteiger partial charge in [0.1, 0.15) is 0 Å². The molecule has 0 saturated heterocycles. The van der Waals surface area contributed by atoms with Crippen LogP contribution in [0.3, 0.4) is 0 Å². The number of nitrogens with zero attached hydrogens (tertiary/aromatic N) is 1. The molecule has 0 spiro atoms. The molecule has 1 aromatic carbocycles. The molecular weight excluding hydrogens is 228 g/mol. The topological polar surface area (TPSA) is 49.4 Å². The van der Waals surface area contributed by atoms with Gasteiger partial charge in [0.15, 0.2) is 0 Å². The zero-order chi connectivity index (χ0) is 12.7. The molecule has 0 bridgehead atoms. The van der Waals surface area contributed by atoms with Crippen LogP contribution in [-0.4, -0.2) is 29.8 Å². The molecule has 94 valence electrons. The number of carbonyl (C=O) groups excluding carboxylic acids is 2. The summed E-state index contributed by atoms with van der Waals surface area (Å²) in [6, 6.07) is 5.46. The fourth-order valence-corrected chi connectivity index (χ4v) is 2.91. The lowest BCUT2D eigenvalue weighted by Crippen LogP contribution is -2.38. The number of benzene rings is 1. The normalized spacial score (nSPS) is 19.5. The van der Waals surface area contributed by atoms with Gasteiger partial charge >= 0.3 is 0 Å². The van der Waals surface area contributed by atoms with Crippen molar-refractivity contribution in [1.82, 2.24) is 4.90 Å². The van der Waals surface area contributed by atoms with Crippen molar-refractivity contribution < 1.29 is 9.59 Å². The molecule has 0 aromatic heterocycles. The Morgan fingerprint density at radius 3 is 2.44 bits per heavy atom. The summed E-state index contributed by atoms with van der Waals surface area (Å²) >= 11 is 0. The van der Waals surface area contributed by atoms with Gasteiger partial charge in [-0.25, -0.2) is 0 Å². The number of nitrogens with one attached hydrogen (secondary N) is 1. The Balaban J connectivity index is 1.99. The summed E-state index contributed by atoms with van der Waals surface area (Å²) in [5.74, 6) is -0.247. The van der Waals surface area contributed by atoms with Crippen molar-refractivity contribution >= 4 is 17.5 Å². The Bertz CT molecular complexity index is 519. The summed E-state index contributed by atoms with van der Waals surface area (Å²) in [7, 11) is 1.80. The highest BCUT2D eigenvalue weighted by atomic mass is 16.2. The van der Waals surface area contributed by atoms with Crippen LogP contribution in [0.2, 0.25) is 0 Å². The Morgan fingerprint density at radius 2 is 1.78 bits per heavy atom. The zero-order valence-electron chi connectivity index (χ0n) is 10.4. The monoisotopic (exact) mass is 244 g/mol. The van der Waals surface area contributed by atoms with E-state index in [1.807, 2.05) is 6.07 Å². The SMILES string of the molecule is CNc1ccc2c(c1)C(=O)N(C1CCCC1)C2=O. The third-order valence-electron chi connectivity index (χ3n) is 3.90. The van der Waals surface area contributed by atoms with Crippen molar-refractivity contribution in [2.24, 2.45) is 0 Å². The Kier molecular flexibility index (Phi) is 2.58. The molecule has 1 fully saturated rings. The Labute approximate surface area is 106 Å². The van der Waals surface area contributed by atoms with Crippen molar-refractivity contribution in [1.29, 1.82) is 0 Å². The first-order valence-electron chi connectivity index (χ1n) is 6.42. The van der Waals surface area contributed by atoms with E-state index in [1.165, 1.54) is 4.90 Å². The molecule has 1 saturated carbocycles. The van der Waals surface area contributed by atoms with Crippen LogP contribution in [-0.2, 0) is 0 Å². The fraction of sp³-hybridized carbons (Fsp3) is 0.429. The van der Waals surface area contributed by atoms with E-state index in [2.05, 4.69) is 5.32 Å². The summed E-state index contributed by atoms with van der Waals surface area (Å²) in [6.07, 6.45) is 4.12. The highest BCUT2D eigenvalue weighted by Crippen LogP contribution is 2.32. The minimum atomic E-state index is -0.126. The van der Waals surface area contributed by atoms with E-state index in [1.54, 1.807) is 19.2 Å². The first kappa shape index (κ1) is 11.3. The van der Waals surface area contributed by atoms with E-state index in [4.69, 9.17) is 0 Å². The Morgan fingerprint density at radius 1 is 1.11 bits per heavy atom. The summed E-state index contributed by atoms with van der Waals surface area (Å²) < 4.78 is 0. The molecule has 4 nitrogen and oxygen atoms in total. The van der Waals surface area contributed by atoms with Crippen LogP contribution in [0.15, 0.2) is 18.2 Å². The second-order valence-electron chi connectivity index (χ2n) is 4.93. The third kappa shape index (κ3) is 1.52. The van der Waals surface area contributed by atoms with Gasteiger partial charge in [-0.1, -0.05) is 12.8 Å². The van der Waals surface area contributed by atoms with Crippen LogP contribution in [0, 0.1) is 0 Å². The second kappa shape index (κ2) is 4.12. The van der Waals surface area contributed by atoms with Crippen LogP contribution < -0.4 is 5.32 Å². The summed E-state index contributed by atoms with van der Waals surface area (Å²) in [5, 5.41) is 2.99. The maximum absolute atomic E-state index is 12.3. The minimum Gasteiger partial charge on any atom is -0.388 e. The van der Waals surface area contributed by atoms with E-state index in [9.17, 15) is 9.59 Å². The number of rotatable bonds is 2. The second-order valence-corrected chi connectivity index (χ2v) is 4.93. The molecule has 3 rings (SSSR count). The van der Waals surface area contributed by atoms with Crippen LogP contribution in [0.25, 0.3) is 0 Å². The molecule has 0 unspecified atom stereocenters. The van der Waals surface area contributed by atoms with Gasteiger partial charge < -0.3 is 5.32 Å². The molecule has 1 aliphatic heterocycles. The maximum atomic E-state index is 12.3. The van der Waals surface area contributed by atoms with Gasteiger partial charge in [0.25, 0.3) is 11.8 Å². The Hall–Kier alpha value is -1.84. The van der Waals surface area contributed by atoms with Crippen LogP contribution in [0.1, 0.15) is 46.4 Å². The average molecular weight is 244 g/mol. The number of anilines is 1. The number of fused-ring (bicyclic) bond motifs is 1. The van der Waals surface area contributed by atoms with Gasteiger partial charge in [-0.05, 0) is 31.0 Å². The predicted molar refractivity (Wildman–Crippen MR) is 68.7 cm³/mol. The van der Waals surface area contributed by atoms with E-state index in [0.717, 1.165) is 31.4 Å². The smallest absolute Gasteiger partial charge is 0.261 e. The van der Waals surface area contributed by atoms with Gasteiger partial charge in [0, 0.05) is 18.8 Å². The van der Waals surface area contributed by atoms with Gasteiger partial charge in [-0.3, -0.25) is 14.5 Å². The van der Waals surface area contributed by atoms with Crippen LogP contribution in [0.4, 0.5) is 5.69 Å². The van der Waals surface area contributed by atoms with E-state index < -0.39 is 0 Å². The highest BCUT2D eigenvalue weighted by Gasteiger charge is 2.40. The fourth-order valence-electron chi connectivity index (χ4n) is 2.91. The van der Waals surface area contributed by atoms with Gasteiger partial charge in [-0.2, -0.15) is 0 Å².